The largest absolute Gasteiger partial charge is 0.388 e. The quantitative estimate of drug-likeness (QED) is 0.831. The molecule has 1 nitrogen and oxygen atoms in total. The van der Waals surface area contributed by atoms with E-state index in [0.717, 1.165) is 31.7 Å². The zero-order valence-electron chi connectivity index (χ0n) is 10.5. The van der Waals surface area contributed by atoms with Crippen LogP contribution in [-0.2, 0) is 0 Å². The van der Waals surface area contributed by atoms with E-state index in [4.69, 9.17) is 0 Å². The van der Waals surface area contributed by atoms with E-state index >= 15 is 0 Å². The minimum Gasteiger partial charge on any atom is -0.388 e. The van der Waals surface area contributed by atoms with Crippen LogP contribution in [0.5, 0.6) is 0 Å². The van der Waals surface area contributed by atoms with Crippen LogP contribution in [0.3, 0.4) is 0 Å². The highest BCUT2D eigenvalue weighted by Gasteiger charge is 2.24. The molecule has 0 spiro atoms. The van der Waals surface area contributed by atoms with E-state index in [1.807, 2.05) is 0 Å². The summed E-state index contributed by atoms with van der Waals surface area (Å²) in [5.74, 6) is -1.13. The monoisotopic (exact) mass is 254 g/mol. The molecular formula is C15H20F2O. The lowest BCUT2D eigenvalue weighted by Crippen LogP contribution is -2.15. The number of hydrogen-bond acceptors (Lipinski definition) is 1. The Hall–Kier alpha value is -0.960. The van der Waals surface area contributed by atoms with Crippen molar-refractivity contribution in [2.75, 3.05) is 0 Å². The first kappa shape index (κ1) is 13.5. The van der Waals surface area contributed by atoms with Gasteiger partial charge in [0.2, 0.25) is 0 Å². The maximum absolute atomic E-state index is 13.6. The van der Waals surface area contributed by atoms with Gasteiger partial charge in [0.15, 0.2) is 0 Å². The fourth-order valence-electron chi connectivity index (χ4n) is 2.80. The lowest BCUT2D eigenvalue weighted by atomic mass is 9.84. The predicted molar refractivity (Wildman–Crippen MR) is 67.1 cm³/mol. The highest BCUT2D eigenvalue weighted by Crippen LogP contribution is 2.33. The number of aliphatic hydroxyl groups is 1. The molecule has 100 valence electrons. The van der Waals surface area contributed by atoms with Crippen molar-refractivity contribution in [2.45, 2.75) is 51.0 Å². The Kier molecular flexibility index (Phi) is 4.70. The second kappa shape index (κ2) is 6.28. The third-order valence-electron chi connectivity index (χ3n) is 3.88. The second-order valence-corrected chi connectivity index (χ2v) is 5.22. The Balaban J connectivity index is 2.10. The molecule has 0 aromatic heterocycles. The minimum absolute atomic E-state index is 0.102. The van der Waals surface area contributed by atoms with Crippen molar-refractivity contribution >= 4 is 0 Å². The molecule has 3 heteroatoms. The third kappa shape index (κ3) is 3.29. The van der Waals surface area contributed by atoms with Crippen molar-refractivity contribution in [2.24, 2.45) is 5.92 Å². The van der Waals surface area contributed by atoms with Gasteiger partial charge in [-0.2, -0.15) is 0 Å². The topological polar surface area (TPSA) is 20.2 Å². The summed E-state index contributed by atoms with van der Waals surface area (Å²) in [6.45, 7) is 0. The Bertz CT molecular complexity index is 384. The normalized spacial score (nSPS) is 20.2. The summed E-state index contributed by atoms with van der Waals surface area (Å²) in [6.07, 6.45) is 6.87. The molecule has 18 heavy (non-hydrogen) atoms. The van der Waals surface area contributed by atoms with E-state index in [9.17, 15) is 13.9 Å². The molecule has 1 fully saturated rings. The zero-order chi connectivity index (χ0) is 13.0. The Morgan fingerprint density at radius 3 is 2.22 bits per heavy atom. The van der Waals surface area contributed by atoms with Crippen LogP contribution < -0.4 is 0 Å². The summed E-state index contributed by atoms with van der Waals surface area (Å²) in [7, 11) is 0. The molecule has 1 unspecified atom stereocenters. The molecule has 0 amide bonds. The van der Waals surface area contributed by atoms with E-state index in [1.54, 1.807) is 0 Å². The van der Waals surface area contributed by atoms with Crippen LogP contribution >= 0.6 is 0 Å². The fourth-order valence-corrected chi connectivity index (χ4v) is 2.80. The molecule has 1 aliphatic carbocycles. The Morgan fingerprint density at radius 2 is 1.61 bits per heavy atom. The first-order chi connectivity index (χ1) is 8.68. The van der Waals surface area contributed by atoms with Crippen LogP contribution in [0, 0.1) is 17.6 Å². The summed E-state index contributed by atoms with van der Waals surface area (Å²) >= 11 is 0. The first-order valence-corrected chi connectivity index (χ1v) is 6.81. The molecule has 1 N–H and O–H groups in total. The molecule has 0 radical (unpaired) electrons. The third-order valence-corrected chi connectivity index (χ3v) is 3.88. The van der Waals surface area contributed by atoms with E-state index in [2.05, 4.69) is 0 Å². The molecule has 1 aliphatic rings. The number of halogens is 2. The number of benzene rings is 1. The Morgan fingerprint density at radius 1 is 1.00 bits per heavy atom. The number of rotatable bonds is 2. The van der Waals surface area contributed by atoms with Gasteiger partial charge in [-0.05, 0) is 24.8 Å². The molecule has 0 aliphatic heterocycles. The van der Waals surface area contributed by atoms with Gasteiger partial charge < -0.3 is 5.11 Å². The van der Waals surface area contributed by atoms with E-state index in [1.165, 1.54) is 31.4 Å². The van der Waals surface area contributed by atoms with E-state index in [0.29, 0.717) is 0 Å². The van der Waals surface area contributed by atoms with Gasteiger partial charge in [0, 0.05) is 11.6 Å². The van der Waals surface area contributed by atoms with Crippen molar-refractivity contribution < 1.29 is 13.9 Å². The summed E-state index contributed by atoms with van der Waals surface area (Å²) in [4.78, 5) is 0. The summed E-state index contributed by atoms with van der Waals surface area (Å²) in [6, 6.07) is 3.43. The average molecular weight is 254 g/mol. The summed E-state index contributed by atoms with van der Waals surface area (Å²) in [5, 5.41) is 10.3. The molecule has 1 aromatic carbocycles. The lowest BCUT2D eigenvalue weighted by Gasteiger charge is -2.25. The highest BCUT2D eigenvalue weighted by molar-refractivity contribution is 5.21. The van der Waals surface area contributed by atoms with Gasteiger partial charge >= 0.3 is 0 Å². The van der Waals surface area contributed by atoms with Crippen LogP contribution in [0.4, 0.5) is 8.78 Å². The molecule has 2 rings (SSSR count). The molecule has 0 bridgehead atoms. The van der Waals surface area contributed by atoms with Crippen molar-refractivity contribution in [1.82, 2.24) is 0 Å². The molecular weight excluding hydrogens is 234 g/mol. The van der Waals surface area contributed by atoms with Crippen LogP contribution in [0.2, 0.25) is 0 Å². The van der Waals surface area contributed by atoms with Gasteiger partial charge in [-0.25, -0.2) is 8.78 Å². The van der Waals surface area contributed by atoms with Crippen molar-refractivity contribution in [3.8, 4) is 0 Å². The molecule has 0 heterocycles. The van der Waals surface area contributed by atoms with E-state index < -0.39 is 17.7 Å². The zero-order valence-corrected chi connectivity index (χ0v) is 10.5. The first-order valence-electron chi connectivity index (χ1n) is 6.81. The number of aliphatic hydroxyl groups excluding tert-OH is 1. The van der Waals surface area contributed by atoms with Crippen molar-refractivity contribution in [1.29, 1.82) is 0 Å². The van der Waals surface area contributed by atoms with Crippen LogP contribution in [0.15, 0.2) is 18.2 Å². The summed E-state index contributed by atoms with van der Waals surface area (Å²) < 4.78 is 26.5. The number of hydrogen-bond donors (Lipinski definition) is 1. The van der Waals surface area contributed by atoms with Gasteiger partial charge in [-0.1, -0.05) is 38.2 Å². The molecule has 1 saturated carbocycles. The lowest BCUT2D eigenvalue weighted by molar-refractivity contribution is 0.0878. The van der Waals surface area contributed by atoms with Gasteiger partial charge in [0.05, 0.1) is 6.10 Å². The maximum atomic E-state index is 13.6. The highest BCUT2D eigenvalue weighted by atomic mass is 19.1. The maximum Gasteiger partial charge on any atom is 0.131 e. The van der Waals surface area contributed by atoms with Gasteiger partial charge in [0.25, 0.3) is 0 Å². The van der Waals surface area contributed by atoms with Crippen LogP contribution in [0.25, 0.3) is 0 Å². The van der Waals surface area contributed by atoms with Gasteiger partial charge in [-0.3, -0.25) is 0 Å². The predicted octanol–water partition coefficient (Wildman–Crippen LogP) is 4.36. The van der Waals surface area contributed by atoms with Crippen molar-refractivity contribution in [3.05, 3.63) is 35.4 Å². The van der Waals surface area contributed by atoms with Gasteiger partial charge in [0.1, 0.15) is 11.6 Å². The van der Waals surface area contributed by atoms with Crippen molar-refractivity contribution in [3.63, 3.8) is 0 Å². The van der Waals surface area contributed by atoms with Gasteiger partial charge in [-0.15, -0.1) is 0 Å². The standard InChI is InChI=1S/C15H20F2O/c16-12-8-9-13(14(17)10-12)15(18)11-6-4-2-1-3-5-7-11/h8-11,15,18H,1-7H2. The van der Waals surface area contributed by atoms with E-state index in [-0.39, 0.29) is 11.5 Å². The minimum atomic E-state index is -0.802. The van der Waals surface area contributed by atoms with Crippen LogP contribution in [-0.4, -0.2) is 5.11 Å². The average Bonchev–Trinajstić information content (AvgIpc) is 2.27. The molecule has 1 aromatic rings. The molecule has 1 atom stereocenters. The Labute approximate surface area is 107 Å². The smallest absolute Gasteiger partial charge is 0.131 e. The fraction of sp³-hybridized carbons (Fsp3) is 0.600. The molecule has 0 saturated heterocycles. The second-order valence-electron chi connectivity index (χ2n) is 5.22. The van der Waals surface area contributed by atoms with Crippen LogP contribution in [0.1, 0.15) is 56.6 Å². The SMILES string of the molecule is OC(c1ccc(F)cc1F)C1CCCCCCC1. The summed E-state index contributed by atoms with van der Waals surface area (Å²) in [5.41, 5.74) is 0.238.